The number of thioether (sulfide) groups is 1. The molecule has 2 aromatic rings. The van der Waals surface area contributed by atoms with E-state index in [9.17, 15) is 14.0 Å². The Balaban J connectivity index is 1.35. The minimum absolute atomic E-state index is 0.0202. The van der Waals surface area contributed by atoms with E-state index in [1.54, 1.807) is 36.2 Å². The van der Waals surface area contributed by atoms with Crippen molar-refractivity contribution in [2.45, 2.75) is 43.9 Å². The highest BCUT2D eigenvalue weighted by atomic mass is 32.2. The molecule has 1 saturated heterocycles. The van der Waals surface area contributed by atoms with Crippen LogP contribution in [0.4, 0.5) is 4.39 Å². The Bertz CT molecular complexity index is 1020. The molecule has 1 heterocycles. The van der Waals surface area contributed by atoms with Crippen molar-refractivity contribution in [3.63, 3.8) is 0 Å². The first-order valence-corrected chi connectivity index (χ1v) is 12.0. The largest absolute Gasteiger partial charge is 0.356 e. The summed E-state index contributed by atoms with van der Waals surface area (Å²) in [4.78, 5) is 28.0. The fraction of sp³-hybridized carbons (Fsp3) is 0.385. The Labute approximate surface area is 193 Å². The number of hydrogen-bond donors (Lipinski definition) is 1. The fourth-order valence-electron chi connectivity index (χ4n) is 4.50. The van der Waals surface area contributed by atoms with Crippen LogP contribution in [0.25, 0.3) is 6.08 Å². The van der Waals surface area contributed by atoms with Gasteiger partial charge in [0.15, 0.2) is 0 Å². The second-order valence-corrected chi connectivity index (χ2v) is 9.99. The van der Waals surface area contributed by atoms with Gasteiger partial charge in [0.2, 0.25) is 5.91 Å². The molecule has 2 aliphatic rings. The molecule has 1 aliphatic carbocycles. The van der Waals surface area contributed by atoms with Crippen molar-refractivity contribution in [2.75, 3.05) is 13.6 Å². The lowest BCUT2D eigenvalue weighted by molar-refractivity contribution is -0.131. The van der Waals surface area contributed by atoms with E-state index in [-0.39, 0.29) is 34.8 Å². The van der Waals surface area contributed by atoms with Gasteiger partial charge in [-0.25, -0.2) is 4.39 Å². The Morgan fingerprint density at radius 1 is 1.19 bits per heavy atom. The number of halogens is 1. The van der Waals surface area contributed by atoms with Gasteiger partial charge in [-0.3, -0.25) is 9.59 Å². The Kier molecular flexibility index (Phi) is 6.99. The fourth-order valence-corrected chi connectivity index (χ4v) is 5.97. The predicted molar refractivity (Wildman–Crippen MR) is 128 cm³/mol. The Morgan fingerprint density at radius 2 is 1.94 bits per heavy atom. The van der Waals surface area contributed by atoms with Crippen LogP contribution in [-0.4, -0.2) is 41.6 Å². The summed E-state index contributed by atoms with van der Waals surface area (Å²) in [6.07, 6.45) is 4.79. The smallest absolute Gasteiger partial charge is 0.260 e. The number of nitrogens with one attached hydrogen (secondary N) is 1. The maximum absolute atomic E-state index is 14.0. The number of carbonyl (C=O) groups excluding carboxylic acids is 2. The first-order valence-electron chi connectivity index (χ1n) is 11.2. The van der Waals surface area contributed by atoms with Crippen molar-refractivity contribution in [2.24, 2.45) is 5.92 Å². The van der Waals surface area contributed by atoms with Crippen LogP contribution in [-0.2, 0) is 16.0 Å². The number of benzene rings is 2. The molecule has 168 valence electrons. The van der Waals surface area contributed by atoms with Crippen molar-refractivity contribution in [1.29, 1.82) is 0 Å². The molecular weight excluding hydrogens is 423 g/mol. The van der Waals surface area contributed by atoms with Crippen LogP contribution in [0, 0.1) is 18.7 Å². The van der Waals surface area contributed by atoms with Gasteiger partial charge in [0.1, 0.15) is 5.82 Å². The molecule has 4 rings (SSSR count). The van der Waals surface area contributed by atoms with Gasteiger partial charge >= 0.3 is 0 Å². The second kappa shape index (κ2) is 9.90. The van der Waals surface area contributed by atoms with Crippen LogP contribution >= 0.6 is 11.8 Å². The molecule has 6 heteroatoms. The summed E-state index contributed by atoms with van der Waals surface area (Å²) in [5.74, 6) is -0.430. The molecule has 0 bridgehead atoms. The standard InChI is InChI=1S/C26H29FN2O2S/c1-17-7-9-18(10-8-17)13-14-28-25(30)20-11-12-23-22(15-20)29(2)26(31)24(32-23)16-19-5-3-4-6-21(19)27/h3-10,16,20,22-23H,11-15H2,1-2H3,(H,28,30)/b24-16-. The summed E-state index contributed by atoms with van der Waals surface area (Å²) < 4.78 is 14.0. The highest BCUT2D eigenvalue weighted by molar-refractivity contribution is 8.04. The minimum atomic E-state index is -0.329. The monoisotopic (exact) mass is 452 g/mol. The van der Waals surface area contributed by atoms with Crippen molar-refractivity contribution >= 4 is 29.7 Å². The van der Waals surface area contributed by atoms with Gasteiger partial charge in [-0.2, -0.15) is 0 Å². The maximum atomic E-state index is 14.0. The number of likely N-dealkylation sites (N-methyl/N-ethyl adjacent to an activating group) is 1. The molecule has 2 amide bonds. The van der Waals surface area contributed by atoms with Crippen LogP contribution in [0.15, 0.2) is 53.4 Å². The average Bonchev–Trinajstić information content (AvgIpc) is 2.79. The Hall–Kier alpha value is -2.60. The minimum Gasteiger partial charge on any atom is -0.356 e. The molecule has 0 radical (unpaired) electrons. The molecule has 0 spiro atoms. The highest BCUT2D eigenvalue weighted by Crippen LogP contribution is 2.43. The molecule has 1 N–H and O–H groups in total. The number of amides is 2. The lowest BCUT2D eigenvalue weighted by Crippen LogP contribution is -2.52. The summed E-state index contributed by atoms with van der Waals surface area (Å²) in [6.45, 7) is 2.68. The van der Waals surface area contributed by atoms with Crippen LogP contribution < -0.4 is 5.32 Å². The molecular formula is C26H29FN2O2S. The van der Waals surface area contributed by atoms with Gasteiger partial charge in [0.05, 0.1) is 4.91 Å². The lowest BCUT2D eigenvalue weighted by Gasteiger charge is -2.44. The van der Waals surface area contributed by atoms with E-state index in [1.165, 1.54) is 29.0 Å². The number of nitrogens with zero attached hydrogens (tertiary/aromatic N) is 1. The van der Waals surface area contributed by atoms with Crippen molar-refractivity contribution in [3.05, 3.63) is 75.9 Å². The van der Waals surface area contributed by atoms with E-state index in [2.05, 4.69) is 36.5 Å². The van der Waals surface area contributed by atoms with E-state index in [0.29, 0.717) is 23.4 Å². The third-order valence-electron chi connectivity index (χ3n) is 6.46. The zero-order valence-corrected chi connectivity index (χ0v) is 19.3. The SMILES string of the molecule is Cc1ccc(CCNC(=O)C2CCC3S/C(=C\c4ccccc4F)C(=O)N(C)C3C2)cc1. The van der Waals surface area contributed by atoms with Crippen molar-refractivity contribution < 1.29 is 14.0 Å². The average molecular weight is 453 g/mol. The van der Waals surface area contributed by atoms with Crippen molar-refractivity contribution in [1.82, 2.24) is 10.2 Å². The van der Waals surface area contributed by atoms with Crippen molar-refractivity contribution in [3.8, 4) is 0 Å². The maximum Gasteiger partial charge on any atom is 0.260 e. The predicted octanol–water partition coefficient (Wildman–Crippen LogP) is 4.58. The molecule has 1 saturated carbocycles. The van der Waals surface area contributed by atoms with Gasteiger partial charge in [-0.1, -0.05) is 48.0 Å². The summed E-state index contributed by atoms with van der Waals surface area (Å²) in [5.41, 5.74) is 2.87. The normalized spacial score (nSPS) is 24.3. The molecule has 32 heavy (non-hydrogen) atoms. The molecule has 0 aromatic heterocycles. The summed E-state index contributed by atoms with van der Waals surface area (Å²) in [6, 6.07) is 14.9. The van der Waals surface area contributed by atoms with Crippen LogP contribution in [0.5, 0.6) is 0 Å². The molecule has 2 fully saturated rings. The van der Waals surface area contributed by atoms with E-state index in [4.69, 9.17) is 0 Å². The van der Waals surface area contributed by atoms with Gasteiger partial charge < -0.3 is 10.2 Å². The van der Waals surface area contributed by atoms with Crippen LogP contribution in [0.1, 0.15) is 36.0 Å². The highest BCUT2D eigenvalue weighted by Gasteiger charge is 2.42. The lowest BCUT2D eigenvalue weighted by atomic mass is 9.83. The third kappa shape index (κ3) is 5.07. The summed E-state index contributed by atoms with van der Waals surface area (Å²) >= 11 is 1.53. The second-order valence-electron chi connectivity index (χ2n) is 8.71. The van der Waals surface area contributed by atoms with Crippen LogP contribution in [0.2, 0.25) is 0 Å². The molecule has 1 aliphatic heterocycles. The van der Waals surface area contributed by atoms with E-state index in [1.807, 2.05) is 0 Å². The van der Waals surface area contributed by atoms with Gasteiger partial charge in [-0.15, -0.1) is 11.8 Å². The number of carbonyl (C=O) groups is 2. The topological polar surface area (TPSA) is 49.4 Å². The molecule has 2 aromatic carbocycles. The van der Waals surface area contributed by atoms with E-state index < -0.39 is 0 Å². The number of aryl methyl sites for hydroxylation is 1. The quantitative estimate of drug-likeness (QED) is 0.676. The Morgan fingerprint density at radius 3 is 2.69 bits per heavy atom. The zero-order chi connectivity index (χ0) is 22.7. The van der Waals surface area contributed by atoms with Gasteiger partial charge in [-0.05, 0) is 50.3 Å². The first kappa shape index (κ1) is 22.6. The van der Waals surface area contributed by atoms with E-state index >= 15 is 0 Å². The first-order chi connectivity index (χ1) is 15.4. The summed E-state index contributed by atoms with van der Waals surface area (Å²) in [5, 5.41) is 3.31. The summed E-state index contributed by atoms with van der Waals surface area (Å²) in [7, 11) is 1.80. The molecule has 3 unspecified atom stereocenters. The number of rotatable bonds is 5. The number of hydrogen-bond acceptors (Lipinski definition) is 3. The third-order valence-corrected chi connectivity index (χ3v) is 7.86. The number of fused-ring (bicyclic) bond motifs is 1. The van der Waals surface area contributed by atoms with E-state index in [0.717, 1.165) is 19.3 Å². The van der Waals surface area contributed by atoms with Gasteiger partial charge in [0.25, 0.3) is 5.91 Å². The molecule has 4 nitrogen and oxygen atoms in total. The van der Waals surface area contributed by atoms with Crippen LogP contribution in [0.3, 0.4) is 0 Å². The zero-order valence-electron chi connectivity index (χ0n) is 18.5. The molecule has 3 atom stereocenters. The van der Waals surface area contributed by atoms with Gasteiger partial charge in [0, 0.05) is 36.4 Å².